The van der Waals surface area contributed by atoms with E-state index in [-0.39, 0.29) is 19.8 Å². The largest absolute Gasteiger partial charge is 0.454 e. The van der Waals surface area contributed by atoms with Crippen LogP contribution >= 0.6 is 23.2 Å². The highest BCUT2D eigenvalue weighted by Crippen LogP contribution is 2.32. The molecule has 3 rings (SSSR count). The summed E-state index contributed by atoms with van der Waals surface area (Å²) in [6, 6.07) is 10.2. The number of para-hydroxylation sites is 1. The van der Waals surface area contributed by atoms with Gasteiger partial charge in [0, 0.05) is 6.54 Å². The molecular formula is C17H14Cl2N2O4. The van der Waals surface area contributed by atoms with E-state index in [0.717, 1.165) is 5.56 Å². The van der Waals surface area contributed by atoms with Gasteiger partial charge in [-0.05, 0) is 29.8 Å². The molecule has 0 unspecified atom stereocenters. The van der Waals surface area contributed by atoms with E-state index in [0.29, 0.717) is 27.2 Å². The number of benzene rings is 2. The number of halogens is 2. The average molecular weight is 381 g/mol. The number of hydrogen-bond donors (Lipinski definition) is 2. The molecule has 25 heavy (non-hydrogen) atoms. The molecule has 8 heteroatoms. The van der Waals surface area contributed by atoms with Crippen molar-refractivity contribution in [1.29, 1.82) is 0 Å². The third kappa shape index (κ3) is 4.35. The van der Waals surface area contributed by atoms with Crippen LogP contribution in [0.5, 0.6) is 11.5 Å². The number of ether oxygens (including phenoxy) is 2. The number of carbonyl (C=O) groups excluding carboxylic acids is 2. The first-order valence-corrected chi connectivity index (χ1v) is 8.17. The summed E-state index contributed by atoms with van der Waals surface area (Å²) in [4.78, 5) is 23.9. The number of fused-ring (bicyclic) bond motifs is 1. The number of hydrogen-bond acceptors (Lipinski definition) is 4. The highest BCUT2D eigenvalue weighted by Gasteiger charge is 2.15. The van der Waals surface area contributed by atoms with E-state index in [2.05, 4.69) is 10.6 Å². The van der Waals surface area contributed by atoms with Crippen molar-refractivity contribution < 1.29 is 19.1 Å². The minimum absolute atomic E-state index is 0.190. The quantitative estimate of drug-likeness (QED) is 0.779. The lowest BCUT2D eigenvalue weighted by atomic mass is 10.2. The van der Waals surface area contributed by atoms with E-state index in [1.54, 1.807) is 30.3 Å². The molecule has 1 aliphatic rings. The van der Waals surface area contributed by atoms with Gasteiger partial charge in [0.05, 0.1) is 15.7 Å². The van der Waals surface area contributed by atoms with Crippen LogP contribution in [0.1, 0.15) is 12.0 Å². The SMILES string of the molecule is O=C(CC(=O)Nc1c(Cl)cccc1Cl)NCc1ccc2c(c1)OCO2. The van der Waals surface area contributed by atoms with Crippen LogP contribution in [0.15, 0.2) is 36.4 Å². The topological polar surface area (TPSA) is 76.7 Å². The standard InChI is InChI=1S/C17H14Cl2N2O4/c18-11-2-1-3-12(19)17(11)21-16(23)7-15(22)20-8-10-4-5-13-14(6-10)25-9-24-13/h1-6H,7-9H2,(H,20,22)(H,21,23). The van der Waals surface area contributed by atoms with Crippen molar-refractivity contribution in [1.82, 2.24) is 5.32 Å². The Kier molecular flexibility index (Phi) is 5.31. The van der Waals surface area contributed by atoms with Crippen molar-refractivity contribution in [3.05, 3.63) is 52.0 Å². The van der Waals surface area contributed by atoms with Crippen molar-refractivity contribution in [3.8, 4) is 11.5 Å². The van der Waals surface area contributed by atoms with Gasteiger partial charge in [-0.25, -0.2) is 0 Å². The summed E-state index contributed by atoms with van der Waals surface area (Å²) in [5.41, 5.74) is 1.13. The van der Waals surface area contributed by atoms with E-state index in [9.17, 15) is 9.59 Å². The van der Waals surface area contributed by atoms with Gasteiger partial charge in [0.2, 0.25) is 18.6 Å². The summed E-state index contributed by atoms with van der Waals surface area (Å²) in [5.74, 6) is 0.389. The third-order valence-electron chi connectivity index (χ3n) is 3.47. The predicted octanol–water partition coefficient (Wildman–Crippen LogP) is 3.37. The maximum Gasteiger partial charge on any atom is 0.233 e. The van der Waals surface area contributed by atoms with Crippen LogP contribution in [0.4, 0.5) is 5.69 Å². The van der Waals surface area contributed by atoms with Gasteiger partial charge in [-0.2, -0.15) is 0 Å². The molecule has 0 spiro atoms. The summed E-state index contributed by atoms with van der Waals surface area (Å²) in [5, 5.41) is 5.83. The first kappa shape index (κ1) is 17.4. The molecule has 2 N–H and O–H groups in total. The molecule has 0 saturated carbocycles. The zero-order valence-electron chi connectivity index (χ0n) is 13.0. The van der Waals surface area contributed by atoms with Gasteiger partial charge in [0.15, 0.2) is 11.5 Å². The van der Waals surface area contributed by atoms with Gasteiger partial charge < -0.3 is 20.1 Å². The maximum atomic E-state index is 12.0. The second-order valence-electron chi connectivity index (χ2n) is 5.29. The molecule has 1 aliphatic heterocycles. The van der Waals surface area contributed by atoms with Crippen LogP contribution in [-0.2, 0) is 16.1 Å². The summed E-state index contributed by atoms with van der Waals surface area (Å²) >= 11 is 12.0. The molecule has 0 atom stereocenters. The third-order valence-corrected chi connectivity index (χ3v) is 4.10. The highest BCUT2D eigenvalue weighted by atomic mass is 35.5. The number of carbonyl (C=O) groups is 2. The predicted molar refractivity (Wildman–Crippen MR) is 94.1 cm³/mol. The zero-order valence-corrected chi connectivity index (χ0v) is 14.5. The van der Waals surface area contributed by atoms with Crippen molar-refractivity contribution in [3.63, 3.8) is 0 Å². The highest BCUT2D eigenvalue weighted by molar-refractivity contribution is 6.39. The lowest BCUT2D eigenvalue weighted by Crippen LogP contribution is -2.27. The van der Waals surface area contributed by atoms with Gasteiger partial charge in [-0.15, -0.1) is 0 Å². The zero-order chi connectivity index (χ0) is 17.8. The molecule has 0 saturated heterocycles. The molecule has 1 heterocycles. The van der Waals surface area contributed by atoms with E-state index in [1.807, 2.05) is 6.07 Å². The second kappa shape index (κ2) is 7.63. The molecule has 0 fully saturated rings. The van der Waals surface area contributed by atoms with Crippen LogP contribution in [-0.4, -0.2) is 18.6 Å². The molecule has 2 amide bonds. The first-order valence-electron chi connectivity index (χ1n) is 7.42. The Morgan fingerprint density at radius 2 is 1.72 bits per heavy atom. The fourth-order valence-electron chi connectivity index (χ4n) is 2.26. The van der Waals surface area contributed by atoms with Gasteiger partial charge in [-0.3, -0.25) is 9.59 Å². The second-order valence-corrected chi connectivity index (χ2v) is 6.10. The molecule has 130 valence electrons. The number of nitrogens with one attached hydrogen (secondary N) is 2. The van der Waals surface area contributed by atoms with Gasteiger partial charge in [0.1, 0.15) is 6.42 Å². The van der Waals surface area contributed by atoms with Crippen molar-refractivity contribution in [2.75, 3.05) is 12.1 Å². The van der Waals surface area contributed by atoms with Crippen molar-refractivity contribution >= 4 is 40.7 Å². The summed E-state index contributed by atoms with van der Waals surface area (Å²) < 4.78 is 10.5. The maximum absolute atomic E-state index is 12.0. The molecule has 6 nitrogen and oxygen atoms in total. The molecule has 0 aliphatic carbocycles. The summed E-state index contributed by atoms with van der Waals surface area (Å²) in [6.45, 7) is 0.464. The Balaban J connectivity index is 1.51. The van der Waals surface area contributed by atoms with Crippen molar-refractivity contribution in [2.45, 2.75) is 13.0 Å². The van der Waals surface area contributed by atoms with Crippen LogP contribution in [0.25, 0.3) is 0 Å². The fourth-order valence-corrected chi connectivity index (χ4v) is 2.75. The summed E-state index contributed by atoms with van der Waals surface area (Å²) in [6.07, 6.45) is -0.341. The number of rotatable bonds is 5. The minimum Gasteiger partial charge on any atom is -0.454 e. The minimum atomic E-state index is -0.502. The molecular weight excluding hydrogens is 367 g/mol. The number of amides is 2. The Morgan fingerprint density at radius 1 is 1.00 bits per heavy atom. The lowest BCUT2D eigenvalue weighted by molar-refractivity contribution is -0.126. The molecule has 2 aromatic rings. The molecule has 0 radical (unpaired) electrons. The van der Waals surface area contributed by atoms with E-state index in [1.165, 1.54) is 0 Å². The molecule has 2 aromatic carbocycles. The Labute approximate surface area is 154 Å². The number of anilines is 1. The summed E-state index contributed by atoms with van der Waals surface area (Å²) in [7, 11) is 0. The Morgan fingerprint density at radius 3 is 2.48 bits per heavy atom. The Bertz CT molecular complexity index is 806. The van der Waals surface area contributed by atoms with Crippen LogP contribution < -0.4 is 20.1 Å². The smallest absolute Gasteiger partial charge is 0.233 e. The lowest BCUT2D eigenvalue weighted by Gasteiger charge is -2.09. The first-order chi connectivity index (χ1) is 12.0. The van der Waals surface area contributed by atoms with E-state index < -0.39 is 11.8 Å². The van der Waals surface area contributed by atoms with Gasteiger partial charge in [-0.1, -0.05) is 35.3 Å². The molecule has 0 aromatic heterocycles. The van der Waals surface area contributed by atoms with Crippen LogP contribution in [0, 0.1) is 0 Å². The fraction of sp³-hybridized carbons (Fsp3) is 0.176. The normalized spacial score (nSPS) is 11.9. The van der Waals surface area contributed by atoms with Crippen molar-refractivity contribution in [2.24, 2.45) is 0 Å². The Hall–Kier alpha value is -2.44. The van der Waals surface area contributed by atoms with E-state index in [4.69, 9.17) is 32.7 Å². The van der Waals surface area contributed by atoms with Crippen LogP contribution in [0.3, 0.4) is 0 Å². The van der Waals surface area contributed by atoms with E-state index >= 15 is 0 Å². The monoisotopic (exact) mass is 380 g/mol. The molecule has 0 bridgehead atoms. The van der Waals surface area contributed by atoms with Crippen LogP contribution in [0.2, 0.25) is 10.0 Å². The van der Waals surface area contributed by atoms with Gasteiger partial charge in [0.25, 0.3) is 0 Å². The van der Waals surface area contributed by atoms with Gasteiger partial charge >= 0.3 is 0 Å². The average Bonchev–Trinajstić information content (AvgIpc) is 3.04.